The Morgan fingerprint density at radius 2 is 1.92 bits per heavy atom. The number of alkyl halides is 3. The number of hydrogen-bond donors (Lipinski definition) is 2. The lowest BCUT2D eigenvalue weighted by Crippen LogP contribution is -2.32. The molecule has 3 aromatic rings. The largest absolute Gasteiger partial charge is 0.573 e. The molecule has 1 saturated heterocycles. The second kappa shape index (κ2) is 10.9. The van der Waals surface area contributed by atoms with Gasteiger partial charge in [-0.05, 0) is 42.7 Å². The third kappa shape index (κ3) is 7.13. The summed E-state index contributed by atoms with van der Waals surface area (Å²) in [6, 6.07) is 8.83. The van der Waals surface area contributed by atoms with Gasteiger partial charge in [0.15, 0.2) is 0 Å². The van der Waals surface area contributed by atoms with Crippen molar-refractivity contribution in [2.24, 2.45) is 5.73 Å². The van der Waals surface area contributed by atoms with Crippen molar-refractivity contribution in [2.75, 3.05) is 23.3 Å². The zero-order valence-electron chi connectivity index (χ0n) is 19.0. The predicted molar refractivity (Wildman–Crippen MR) is 127 cm³/mol. The highest BCUT2D eigenvalue weighted by Crippen LogP contribution is 2.32. The molecular weight excluding hydrogens is 497 g/mol. The van der Waals surface area contributed by atoms with Crippen molar-refractivity contribution in [3.63, 3.8) is 0 Å². The second-order valence-electron chi connectivity index (χ2n) is 8.26. The van der Waals surface area contributed by atoms with Crippen molar-refractivity contribution in [3.8, 4) is 5.75 Å². The van der Waals surface area contributed by atoms with Crippen molar-refractivity contribution in [3.05, 3.63) is 58.2 Å². The molecule has 0 radical (unpaired) electrons. The lowest BCUT2D eigenvalue weighted by atomic mass is 9.97. The number of nitrogens with two attached hydrogens (primary N) is 1. The van der Waals surface area contributed by atoms with Crippen LogP contribution in [0.15, 0.2) is 42.6 Å². The fourth-order valence-electron chi connectivity index (χ4n) is 3.91. The number of nitrogens with one attached hydrogen (secondary N) is 1. The van der Waals surface area contributed by atoms with Gasteiger partial charge in [0.05, 0.1) is 24.7 Å². The first-order valence-corrected chi connectivity index (χ1v) is 11.9. The molecule has 0 bridgehead atoms. The van der Waals surface area contributed by atoms with E-state index < -0.39 is 18.2 Å². The van der Waals surface area contributed by atoms with E-state index in [0.717, 1.165) is 36.6 Å². The number of halogens is 3. The summed E-state index contributed by atoms with van der Waals surface area (Å²) in [7, 11) is 0. The average Bonchev–Trinajstić information content (AvgIpc) is 3.26. The van der Waals surface area contributed by atoms with E-state index in [0.29, 0.717) is 16.4 Å². The van der Waals surface area contributed by atoms with E-state index in [2.05, 4.69) is 30.1 Å². The van der Waals surface area contributed by atoms with Gasteiger partial charge in [0, 0.05) is 19.0 Å². The number of benzene rings is 1. The van der Waals surface area contributed by atoms with Gasteiger partial charge in [0.25, 0.3) is 0 Å². The fourth-order valence-corrected chi connectivity index (χ4v) is 4.93. The summed E-state index contributed by atoms with van der Waals surface area (Å²) < 4.78 is 41.1. The van der Waals surface area contributed by atoms with Crippen LogP contribution in [0.4, 0.5) is 24.7 Å². The van der Waals surface area contributed by atoms with Crippen molar-refractivity contribution >= 4 is 34.7 Å². The van der Waals surface area contributed by atoms with Crippen LogP contribution >= 0.6 is 11.3 Å². The molecule has 0 unspecified atom stereocenters. The maximum atomic E-state index is 12.4. The quantitative estimate of drug-likeness (QED) is 0.467. The summed E-state index contributed by atoms with van der Waals surface area (Å²) in [4.78, 5) is 29.9. The number of rotatable bonds is 8. The lowest BCUT2D eigenvalue weighted by Gasteiger charge is -2.32. The van der Waals surface area contributed by atoms with Gasteiger partial charge < -0.3 is 20.7 Å². The van der Waals surface area contributed by atoms with Gasteiger partial charge in [0.1, 0.15) is 21.6 Å². The van der Waals surface area contributed by atoms with Crippen LogP contribution in [0.2, 0.25) is 0 Å². The van der Waals surface area contributed by atoms with E-state index in [1.54, 1.807) is 18.3 Å². The summed E-state index contributed by atoms with van der Waals surface area (Å²) in [5.74, 6) is -0.599. The molecule has 1 aromatic carbocycles. The number of amides is 2. The van der Waals surface area contributed by atoms with Gasteiger partial charge in [-0.1, -0.05) is 12.1 Å². The highest BCUT2D eigenvalue weighted by Gasteiger charge is 2.31. The molecule has 3 heterocycles. The van der Waals surface area contributed by atoms with Crippen molar-refractivity contribution in [1.82, 2.24) is 15.2 Å². The van der Waals surface area contributed by atoms with Gasteiger partial charge in [-0.15, -0.1) is 34.7 Å². The van der Waals surface area contributed by atoms with Crippen molar-refractivity contribution < 1.29 is 27.5 Å². The van der Waals surface area contributed by atoms with E-state index in [4.69, 9.17) is 5.73 Å². The second-order valence-corrected chi connectivity index (χ2v) is 9.35. The van der Waals surface area contributed by atoms with Crippen LogP contribution in [0.1, 0.15) is 34.3 Å². The predicted octanol–water partition coefficient (Wildman–Crippen LogP) is 3.42. The Kier molecular flexibility index (Phi) is 7.67. The summed E-state index contributed by atoms with van der Waals surface area (Å²) >= 11 is 1.42. The van der Waals surface area contributed by atoms with E-state index in [1.807, 2.05) is 6.07 Å². The number of aromatic nitrogens is 3. The summed E-state index contributed by atoms with van der Waals surface area (Å²) in [6.45, 7) is 1.58. The topological polar surface area (TPSA) is 123 Å². The van der Waals surface area contributed by atoms with Crippen molar-refractivity contribution in [1.29, 1.82) is 0 Å². The number of carbonyl (C=O) groups excluding carboxylic acids is 2. The smallest absolute Gasteiger partial charge is 0.406 e. The fraction of sp³-hybridized carbons (Fsp3) is 0.348. The number of carbonyl (C=O) groups is 2. The van der Waals surface area contributed by atoms with Crippen LogP contribution in [0, 0.1) is 0 Å². The first-order chi connectivity index (χ1) is 17.1. The summed E-state index contributed by atoms with van der Waals surface area (Å²) in [5, 5.41) is 12.5. The van der Waals surface area contributed by atoms with E-state index >= 15 is 0 Å². The first kappa shape index (κ1) is 25.4. The summed E-state index contributed by atoms with van der Waals surface area (Å²) in [5.41, 5.74) is 6.51. The number of nitrogens with zero attached hydrogens (tertiary/aromatic N) is 4. The van der Waals surface area contributed by atoms with Gasteiger partial charge in [-0.3, -0.25) is 9.59 Å². The van der Waals surface area contributed by atoms with Gasteiger partial charge in [0.2, 0.25) is 11.8 Å². The molecule has 13 heteroatoms. The number of pyridine rings is 1. The van der Waals surface area contributed by atoms with E-state index in [9.17, 15) is 22.8 Å². The molecule has 190 valence electrons. The van der Waals surface area contributed by atoms with Gasteiger partial charge in [-0.2, -0.15) is 0 Å². The third-order valence-corrected chi connectivity index (χ3v) is 6.62. The highest BCUT2D eigenvalue weighted by atomic mass is 32.1. The zero-order chi connectivity index (χ0) is 25.7. The van der Waals surface area contributed by atoms with E-state index in [1.165, 1.54) is 29.5 Å². The molecule has 1 aliphatic rings. The molecule has 9 nitrogen and oxygen atoms in total. The molecule has 3 N–H and O–H groups in total. The molecule has 0 atom stereocenters. The van der Waals surface area contributed by atoms with Crippen LogP contribution in [0.3, 0.4) is 0 Å². The molecule has 2 amide bonds. The Bertz CT molecular complexity index is 1210. The van der Waals surface area contributed by atoms with Crippen LogP contribution in [-0.2, 0) is 22.4 Å². The maximum Gasteiger partial charge on any atom is 0.573 e. The standard InChI is InChI=1S/C23H23F3N6O3S/c24-23(25,26)35-17-3-1-2-14(10-17)11-20(34)29-19-5-4-16(13-28-19)32-8-6-15(7-9-32)22-31-30-21(36-22)12-18(27)33/h1-5,10,13,15H,6-9,11-12H2,(H2,27,33)(H,28,29,34). The lowest BCUT2D eigenvalue weighted by molar-refractivity contribution is -0.274. The third-order valence-electron chi connectivity index (χ3n) is 5.53. The van der Waals surface area contributed by atoms with Crippen LogP contribution in [0.5, 0.6) is 5.75 Å². The van der Waals surface area contributed by atoms with Crippen molar-refractivity contribution in [2.45, 2.75) is 38.0 Å². The van der Waals surface area contributed by atoms with Gasteiger partial charge >= 0.3 is 6.36 Å². The molecule has 36 heavy (non-hydrogen) atoms. The molecular formula is C23H23F3N6O3S. The Morgan fingerprint density at radius 1 is 1.14 bits per heavy atom. The molecule has 0 spiro atoms. The molecule has 0 aliphatic carbocycles. The minimum Gasteiger partial charge on any atom is -0.406 e. The Morgan fingerprint density at radius 3 is 2.58 bits per heavy atom. The maximum absolute atomic E-state index is 12.4. The van der Waals surface area contributed by atoms with Crippen LogP contribution in [-0.4, -0.2) is 46.4 Å². The number of anilines is 2. The highest BCUT2D eigenvalue weighted by molar-refractivity contribution is 7.11. The normalized spacial score (nSPS) is 14.5. The molecule has 1 fully saturated rings. The molecule has 4 rings (SSSR count). The Hall–Kier alpha value is -3.74. The number of piperidine rings is 1. The monoisotopic (exact) mass is 520 g/mol. The number of ether oxygens (including phenoxy) is 1. The number of primary amides is 1. The molecule has 0 saturated carbocycles. The Balaban J connectivity index is 1.27. The first-order valence-electron chi connectivity index (χ1n) is 11.1. The van der Waals surface area contributed by atoms with Crippen LogP contribution < -0.4 is 20.7 Å². The van der Waals surface area contributed by atoms with Gasteiger partial charge in [-0.25, -0.2) is 4.98 Å². The van der Waals surface area contributed by atoms with E-state index in [-0.39, 0.29) is 24.5 Å². The number of hydrogen-bond acceptors (Lipinski definition) is 8. The zero-order valence-corrected chi connectivity index (χ0v) is 19.8. The minimum atomic E-state index is -4.80. The minimum absolute atomic E-state index is 0.101. The average molecular weight is 521 g/mol. The molecule has 2 aromatic heterocycles. The van der Waals surface area contributed by atoms with Crippen LogP contribution in [0.25, 0.3) is 0 Å². The summed E-state index contributed by atoms with van der Waals surface area (Å²) in [6.07, 6.45) is -1.40. The molecule has 1 aliphatic heterocycles. The SMILES string of the molecule is NC(=O)Cc1nnc(C2CCN(c3ccc(NC(=O)Cc4cccc(OC(F)(F)F)c4)nc3)CC2)s1. The Labute approximate surface area is 208 Å².